The van der Waals surface area contributed by atoms with E-state index in [2.05, 4.69) is 10.5 Å². The van der Waals surface area contributed by atoms with E-state index in [1.807, 2.05) is 25.7 Å². The number of hydrogen-bond acceptors (Lipinski definition) is 5. The third-order valence-corrected chi connectivity index (χ3v) is 4.80. The highest BCUT2D eigenvalue weighted by Crippen LogP contribution is 2.17. The Bertz CT molecular complexity index is 616. The number of carbonyl (C=O) groups is 2. The highest BCUT2D eigenvalue weighted by Gasteiger charge is 2.25. The summed E-state index contributed by atoms with van der Waals surface area (Å²) >= 11 is 0. The number of amides is 3. The predicted molar refractivity (Wildman–Crippen MR) is 98.0 cm³/mol. The van der Waals surface area contributed by atoms with Gasteiger partial charge in [0.1, 0.15) is 5.76 Å². The van der Waals surface area contributed by atoms with Gasteiger partial charge in [-0.05, 0) is 33.6 Å². The summed E-state index contributed by atoms with van der Waals surface area (Å²) in [5, 5.41) is 6.66. The van der Waals surface area contributed by atoms with Crippen LogP contribution in [0, 0.1) is 19.8 Å². The number of urea groups is 1. The quantitative estimate of drug-likeness (QED) is 0.781. The maximum atomic E-state index is 12.6. The van der Waals surface area contributed by atoms with E-state index in [4.69, 9.17) is 9.26 Å². The van der Waals surface area contributed by atoms with Crippen LogP contribution in [0.4, 0.5) is 10.6 Å². The summed E-state index contributed by atoms with van der Waals surface area (Å²) in [4.78, 5) is 28.6. The predicted octanol–water partition coefficient (Wildman–Crippen LogP) is 2.42. The zero-order valence-corrected chi connectivity index (χ0v) is 16.2. The topological polar surface area (TPSA) is 87.9 Å². The van der Waals surface area contributed by atoms with E-state index in [9.17, 15) is 9.59 Å². The maximum absolute atomic E-state index is 12.6. The lowest BCUT2D eigenvalue weighted by atomic mass is 10.1. The number of rotatable bonds is 6. The first-order valence-corrected chi connectivity index (χ1v) is 9.29. The zero-order valence-electron chi connectivity index (χ0n) is 16.2. The van der Waals surface area contributed by atoms with Crippen molar-refractivity contribution in [2.75, 3.05) is 44.7 Å². The SMILES string of the molecule is CCOCCC(C)C(=O)N1CCCN(C(=O)Nc2noc(C)c2C)CC1. The van der Waals surface area contributed by atoms with Gasteiger partial charge in [0.05, 0.1) is 0 Å². The van der Waals surface area contributed by atoms with Crippen molar-refractivity contribution in [1.29, 1.82) is 0 Å². The highest BCUT2D eigenvalue weighted by atomic mass is 16.5. The Kier molecular flexibility index (Phi) is 7.44. The van der Waals surface area contributed by atoms with Crippen molar-refractivity contribution in [3.63, 3.8) is 0 Å². The molecule has 1 aliphatic rings. The van der Waals surface area contributed by atoms with Crippen LogP contribution in [0.1, 0.15) is 38.0 Å². The van der Waals surface area contributed by atoms with Gasteiger partial charge in [-0.3, -0.25) is 10.1 Å². The molecule has 26 heavy (non-hydrogen) atoms. The minimum atomic E-state index is -0.208. The molecule has 8 nitrogen and oxygen atoms in total. The van der Waals surface area contributed by atoms with Gasteiger partial charge in [0.2, 0.25) is 5.91 Å². The molecule has 1 unspecified atom stereocenters. The van der Waals surface area contributed by atoms with Gasteiger partial charge < -0.3 is 19.1 Å². The number of anilines is 1. The Morgan fingerprint density at radius 1 is 1.23 bits per heavy atom. The third-order valence-electron chi connectivity index (χ3n) is 4.80. The van der Waals surface area contributed by atoms with E-state index in [1.54, 1.807) is 11.8 Å². The summed E-state index contributed by atoms with van der Waals surface area (Å²) in [5.41, 5.74) is 0.827. The Labute approximate surface area is 154 Å². The van der Waals surface area contributed by atoms with E-state index in [-0.39, 0.29) is 17.9 Å². The normalized spacial score (nSPS) is 16.3. The number of carbonyl (C=O) groups excluding carboxylic acids is 2. The van der Waals surface area contributed by atoms with Crippen LogP contribution in [0.5, 0.6) is 0 Å². The molecule has 0 aromatic carbocycles. The lowest BCUT2D eigenvalue weighted by Crippen LogP contribution is -2.41. The van der Waals surface area contributed by atoms with Crippen LogP contribution < -0.4 is 5.32 Å². The molecule has 8 heteroatoms. The molecule has 1 atom stereocenters. The Balaban J connectivity index is 1.85. The van der Waals surface area contributed by atoms with Gasteiger partial charge in [-0.15, -0.1) is 0 Å². The number of ether oxygens (including phenoxy) is 1. The summed E-state index contributed by atoms with van der Waals surface area (Å²) in [6.07, 6.45) is 1.48. The monoisotopic (exact) mass is 366 g/mol. The van der Waals surface area contributed by atoms with Crippen LogP contribution >= 0.6 is 0 Å². The first kappa shape index (κ1) is 20.2. The fraction of sp³-hybridized carbons (Fsp3) is 0.722. The highest BCUT2D eigenvalue weighted by molar-refractivity contribution is 5.89. The standard InChI is InChI=1S/C18H30N4O4/c1-5-25-12-7-13(2)17(23)21-8-6-9-22(11-10-21)18(24)19-16-14(3)15(4)26-20-16/h13H,5-12H2,1-4H3,(H,19,20,24). The van der Waals surface area contributed by atoms with Gasteiger partial charge >= 0.3 is 6.03 Å². The second-order valence-electron chi connectivity index (χ2n) is 6.70. The molecule has 3 amide bonds. The fourth-order valence-corrected chi connectivity index (χ4v) is 2.90. The second kappa shape index (κ2) is 9.56. The molecule has 1 aromatic rings. The van der Waals surface area contributed by atoms with Crippen molar-refractivity contribution in [2.24, 2.45) is 5.92 Å². The van der Waals surface area contributed by atoms with E-state index in [0.717, 1.165) is 18.4 Å². The van der Waals surface area contributed by atoms with Crippen LogP contribution in [0.3, 0.4) is 0 Å². The summed E-state index contributed by atoms with van der Waals surface area (Å²) in [7, 11) is 0. The molecule has 0 bridgehead atoms. The molecule has 0 aliphatic carbocycles. The summed E-state index contributed by atoms with van der Waals surface area (Å²) < 4.78 is 10.4. The largest absolute Gasteiger partial charge is 0.382 e. The molecule has 1 fully saturated rings. The van der Waals surface area contributed by atoms with E-state index >= 15 is 0 Å². The molecule has 1 aliphatic heterocycles. The Morgan fingerprint density at radius 3 is 2.58 bits per heavy atom. The molecule has 1 N–H and O–H groups in total. The van der Waals surface area contributed by atoms with Crippen LogP contribution in [0.2, 0.25) is 0 Å². The summed E-state index contributed by atoms with van der Waals surface area (Å²) in [6, 6.07) is -0.208. The van der Waals surface area contributed by atoms with Crippen LogP contribution in [-0.2, 0) is 9.53 Å². The number of nitrogens with one attached hydrogen (secondary N) is 1. The molecule has 1 aromatic heterocycles. The average Bonchev–Trinajstić information content (AvgIpc) is 2.83. The van der Waals surface area contributed by atoms with Crippen molar-refractivity contribution in [3.8, 4) is 0 Å². The Hall–Kier alpha value is -2.09. The lowest BCUT2D eigenvalue weighted by molar-refractivity contribution is -0.135. The first-order valence-electron chi connectivity index (χ1n) is 9.29. The number of aromatic nitrogens is 1. The van der Waals surface area contributed by atoms with Gasteiger partial charge in [0, 0.05) is 50.9 Å². The third kappa shape index (κ3) is 5.20. The van der Waals surface area contributed by atoms with E-state index in [1.165, 1.54) is 0 Å². The maximum Gasteiger partial charge on any atom is 0.323 e. The molecule has 2 rings (SSSR count). The van der Waals surface area contributed by atoms with Crippen molar-refractivity contribution in [2.45, 2.75) is 40.5 Å². The molecular weight excluding hydrogens is 336 g/mol. The van der Waals surface area contributed by atoms with Crippen molar-refractivity contribution in [1.82, 2.24) is 15.0 Å². The summed E-state index contributed by atoms with van der Waals surface area (Å²) in [5.74, 6) is 1.21. The molecule has 0 radical (unpaired) electrons. The van der Waals surface area contributed by atoms with Crippen molar-refractivity contribution < 1.29 is 18.8 Å². The number of nitrogens with zero attached hydrogens (tertiary/aromatic N) is 3. The smallest absolute Gasteiger partial charge is 0.323 e. The van der Waals surface area contributed by atoms with Crippen LogP contribution in [-0.4, -0.2) is 66.3 Å². The van der Waals surface area contributed by atoms with Gasteiger partial charge in [0.25, 0.3) is 0 Å². The Morgan fingerprint density at radius 2 is 1.92 bits per heavy atom. The molecule has 146 valence electrons. The molecule has 0 spiro atoms. The first-order chi connectivity index (χ1) is 12.4. The molecule has 0 saturated carbocycles. The lowest BCUT2D eigenvalue weighted by Gasteiger charge is -2.24. The van der Waals surface area contributed by atoms with Gasteiger partial charge in [0.15, 0.2) is 5.82 Å². The van der Waals surface area contributed by atoms with Crippen molar-refractivity contribution in [3.05, 3.63) is 11.3 Å². The van der Waals surface area contributed by atoms with Crippen molar-refractivity contribution >= 4 is 17.8 Å². The minimum Gasteiger partial charge on any atom is -0.382 e. The van der Waals surface area contributed by atoms with Crippen LogP contribution in [0.15, 0.2) is 4.52 Å². The fourth-order valence-electron chi connectivity index (χ4n) is 2.90. The molecule has 2 heterocycles. The van der Waals surface area contributed by atoms with Gasteiger partial charge in [-0.2, -0.15) is 0 Å². The van der Waals surface area contributed by atoms with Gasteiger partial charge in [-0.25, -0.2) is 4.79 Å². The van der Waals surface area contributed by atoms with E-state index in [0.29, 0.717) is 51.0 Å². The molecule has 1 saturated heterocycles. The molecular formula is C18H30N4O4. The summed E-state index contributed by atoms with van der Waals surface area (Å²) in [6.45, 7) is 11.1. The number of hydrogen-bond donors (Lipinski definition) is 1. The second-order valence-corrected chi connectivity index (χ2v) is 6.70. The zero-order chi connectivity index (χ0) is 19.1. The van der Waals surface area contributed by atoms with E-state index < -0.39 is 0 Å². The number of aryl methyl sites for hydroxylation is 1. The van der Waals surface area contributed by atoms with Gasteiger partial charge in [-0.1, -0.05) is 12.1 Å². The van der Waals surface area contributed by atoms with Crippen LogP contribution in [0.25, 0.3) is 0 Å². The average molecular weight is 366 g/mol. The minimum absolute atomic E-state index is 0.0670.